The number of anilines is 1. The van der Waals surface area contributed by atoms with E-state index in [4.69, 9.17) is 4.74 Å². The normalized spacial score (nSPS) is 18.4. The van der Waals surface area contributed by atoms with Gasteiger partial charge in [-0.2, -0.15) is 0 Å². The van der Waals surface area contributed by atoms with Crippen LogP contribution in [0.15, 0.2) is 79.1 Å². The molecule has 1 unspecified atom stereocenters. The quantitative estimate of drug-likeness (QED) is 0.141. The van der Waals surface area contributed by atoms with E-state index < -0.39 is 47.9 Å². The van der Waals surface area contributed by atoms with Gasteiger partial charge in [-0.25, -0.2) is 18.7 Å². The van der Waals surface area contributed by atoms with E-state index >= 15 is 0 Å². The SMILES string of the molecule is CCC1CCC(C2CC=C(c3cnc(-c4ccc(CN(CC(=O)O)C(=O)c5ccc(NC(=O)Cc6c(F)cc(OC)cc6F)cc5)cc4)nc3)CC2)CC1. The molecule has 2 aliphatic carbocycles. The number of hydrogen-bond acceptors (Lipinski definition) is 6. The van der Waals surface area contributed by atoms with Gasteiger partial charge in [0.1, 0.15) is 23.9 Å². The van der Waals surface area contributed by atoms with Crippen molar-refractivity contribution in [1.29, 1.82) is 0 Å². The van der Waals surface area contributed by atoms with Gasteiger partial charge in [-0.15, -0.1) is 0 Å². The Bertz CT molecular complexity index is 1950. The van der Waals surface area contributed by atoms with Crippen LogP contribution in [0.3, 0.4) is 0 Å². The number of hydrogen-bond donors (Lipinski definition) is 2. The number of methoxy groups -OCH3 is 1. The number of nitrogens with one attached hydrogen (secondary N) is 1. The van der Waals surface area contributed by atoms with Gasteiger partial charge in [0, 0.05) is 59.0 Å². The third kappa shape index (κ3) is 9.55. The second-order valence-electron chi connectivity index (χ2n) is 14.4. The van der Waals surface area contributed by atoms with Gasteiger partial charge >= 0.3 is 5.97 Å². The molecule has 1 aromatic heterocycles. The van der Waals surface area contributed by atoms with Crippen molar-refractivity contribution in [2.45, 2.75) is 71.3 Å². The lowest BCUT2D eigenvalue weighted by atomic mass is 9.71. The number of nitrogens with zero attached hydrogens (tertiary/aromatic N) is 3. The van der Waals surface area contributed by atoms with Crippen molar-refractivity contribution in [3.05, 3.63) is 113 Å². The highest BCUT2D eigenvalue weighted by Gasteiger charge is 2.28. The average Bonchev–Trinajstić information content (AvgIpc) is 3.19. The molecule has 54 heavy (non-hydrogen) atoms. The molecule has 0 bridgehead atoms. The standard InChI is InChI=1S/C43H46F2N4O5/c1-3-27-4-8-29(9-5-27)30-12-14-31(15-13-30)34-23-46-42(47-24-34)32-10-6-28(7-11-32)25-49(26-41(51)52)43(53)33-16-18-35(19-17-33)48-40(50)22-37-38(44)20-36(54-2)21-39(37)45/h6-7,10-11,14,16-21,23-24,27,29-30H,3-5,8-9,12-13,15,22,25-26H2,1-2H3,(H,48,50)(H,51,52). The van der Waals surface area contributed by atoms with E-state index in [-0.39, 0.29) is 17.9 Å². The first-order valence-electron chi connectivity index (χ1n) is 18.6. The van der Waals surface area contributed by atoms with Crippen LogP contribution in [0, 0.1) is 29.4 Å². The molecule has 1 atom stereocenters. The molecule has 0 radical (unpaired) electrons. The van der Waals surface area contributed by atoms with Gasteiger partial charge in [0.15, 0.2) is 5.82 Å². The third-order valence-electron chi connectivity index (χ3n) is 10.9. The number of carboxylic acid groups (broad SMARTS) is 1. The highest BCUT2D eigenvalue weighted by molar-refractivity contribution is 5.97. The fraction of sp³-hybridized carbons (Fsp3) is 0.372. The van der Waals surface area contributed by atoms with Gasteiger partial charge in [-0.3, -0.25) is 14.4 Å². The topological polar surface area (TPSA) is 122 Å². The lowest BCUT2D eigenvalue weighted by Crippen LogP contribution is -2.35. The summed E-state index contributed by atoms with van der Waals surface area (Å²) in [6, 6.07) is 15.2. The van der Waals surface area contributed by atoms with Crippen molar-refractivity contribution < 1.29 is 33.0 Å². The number of amides is 2. The number of aliphatic carboxylic acids is 1. The van der Waals surface area contributed by atoms with Crippen LogP contribution < -0.4 is 10.1 Å². The van der Waals surface area contributed by atoms with Gasteiger partial charge in [-0.05, 0) is 85.3 Å². The van der Waals surface area contributed by atoms with Gasteiger partial charge < -0.3 is 20.1 Å². The molecular weight excluding hydrogens is 690 g/mol. The Morgan fingerprint density at radius 1 is 0.889 bits per heavy atom. The predicted octanol–water partition coefficient (Wildman–Crippen LogP) is 8.74. The molecule has 2 aliphatic rings. The first kappa shape index (κ1) is 38.3. The van der Waals surface area contributed by atoms with E-state index in [1.54, 1.807) is 0 Å². The molecule has 4 aromatic rings. The number of ether oxygens (including phenoxy) is 1. The molecule has 1 saturated carbocycles. The van der Waals surface area contributed by atoms with Gasteiger partial charge in [-0.1, -0.05) is 56.5 Å². The molecule has 3 aromatic carbocycles. The highest BCUT2D eigenvalue weighted by atomic mass is 19.1. The first-order chi connectivity index (χ1) is 26.1. The summed E-state index contributed by atoms with van der Waals surface area (Å²) >= 11 is 0. The molecule has 6 rings (SSSR count). The van der Waals surface area contributed by atoms with Gasteiger partial charge in [0.2, 0.25) is 5.91 Å². The van der Waals surface area contributed by atoms with Crippen LogP contribution in [0.4, 0.5) is 14.5 Å². The Labute approximate surface area is 314 Å². The van der Waals surface area contributed by atoms with Crippen molar-refractivity contribution >= 4 is 29.0 Å². The average molecular weight is 737 g/mol. The van der Waals surface area contributed by atoms with Gasteiger partial charge in [0.25, 0.3) is 5.91 Å². The van der Waals surface area contributed by atoms with Crippen molar-refractivity contribution in [2.75, 3.05) is 19.0 Å². The molecule has 1 heterocycles. The van der Waals surface area contributed by atoms with Crippen LogP contribution in [0.1, 0.15) is 85.3 Å². The lowest BCUT2D eigenvalue weighted by Gasteiger charge is -2.35. The van der Waals surface area contributed by atoms with Crippen molar-refractivity contribution in [2.24, 2.45) is 17.8 Å². The first-order valence-corrected chi connectivity index (χ1v) is 18.6. The van der Waals surface area contributed by atoms with E-state index in [2.05, 4.69) is 28.3 Å². The summed E-state index contributed by atoms with van der Waals surface area (Å²) in [5.74, 6) is -1.02. The zero-order chi connectivity index (χ0) is 38.2. The zero-order valence-electron chi connectivity index (χ0n) is 30.7. The number of halogens is 2. The Morgan fingerprint density at radius 3 is 2.13 bits per heavy atom. The van der Waals surface area contributed by atoms with Crippen LogP contribution in [0.2, 0.25) is 0 Å². The largest absolute Gasteiger partial charge is 0.497 e. The molecule has 1 fully saturated rings. The third-order valence-corrected chi connectivity index (χ3v) is 10.9. The number of aromatic nitrogens is 2. The number of carbonyl (C=O) groups is 3. The minimum atomic E-state index is -1.17. The summed E-state index contributed by atoms with van der Waals surface area (Å²) in [6.07, 6.45) is 15.8. The molecule has 282 valence electrons. The summed E-state index contributed by atoms with van der Waals surface area (Å²) in [7, 11) is 1.28. The van der Waals surface area contributed by atoms with E-state index in [9.17, 15) is 28.3 Å². The van der Waals surface area contributed by atoms with Crippen LogP contribution >= 0.6 is 0 Å². The molecule has 2 amide bonds. The van der Waals surface area contributed by atoms with Crippen LogP contribution in [-0.2, 0) is 22.6 Å². The zero-order valence-corrected chi connectivity index (χ0v) is 30.7. The number of allylic oxidation sites excluding steroid dienone is 2. The Kier molecular flexibility index (Phi) is 12.5. The molecule has 0 aliphatic heterocycles. The van der Waals surface area contributed by atoms with E-state index in [1.165, 1.54) is 80.4 Å². The van der Waals surface area contributed by atoms with E-state index in [0.29, 0.717) is 11.5 Å². The van der Waals surface area contributed by atoms with Crippen LogP contribution in [-0.4, -0.2) is 51.4 Å². The number of rotatable bonds is 13. The molecule has 11 heteroatoms. The Morgan fingerprint density at radius 2 is 1.56 bits per heavy atom. The van der Waals surface area contributed by atoms with Crippen molar-refractivity contribution in [3.8, 4) is 17.1 Å². The molecule has 2 N–H and O–H groups in total. The summed E-state index contributed by atoms with van der Waals surface area (Å²) in [6.45, 7) is 1.82. The highest BCUT2D eigenvalue weighted by Crippen LogP contribution is 2.41. The van der Waals surface area contributed by atoms with Crippen LogP contribution in [0.25, 0.3) is 17.0 Å². The van der Waals surface area contributed by atoms with Crippen molar-refractivity contribution in [1.82, 2.24) is 14.9 Å². The minimum Gasteiger partial charge on any atom is -0.497 e. The monoisotopic (exact) mass is 736 g/mol. The molecule has 9 nitrogen and oxygen atoms in total. The smallest absolute Gasteiger partial charge is 0.323 e. The minimum absolute atomic E-state index is 0.00156. The molecular formula is C43H46F2N4O5. The predicted molar refractivity (Wildman–Crippen MR) is 203 cm³/mol. The number of carboxylic acids is 1. The maximum Gasteiger partial charge on any atom is 0.323 e. The molecule has 0 saturated heterocycles. The summed E-state index contributed by atoms with van der Waals surface area (Å²) in [5.41, 5.74) is 3.99. The number of benzene rings is 3. The number of carbonyl (C=O) groups excluding carboxylic acids is 2. The summed E-state index contributed by atoms with van der Waals surface area (Å²) in [4.78, 5) is 48.2. The van der Waals surface area contributed by atoms with Gasteiger partial charge in [0.05, 0.1) is 13.5 Å². The fourth-order valence-corrected chi connectivity index (χ4v) is 7.71. The Balaban J connectivity index is 1.04. The summed E-state index contributed by atoms with van der Waals surface area (Å²) < 4.78 is 33.5. The lowest BCUT2D eigenvalue weighted by molar-refractivity contribution is -0.137. The Hall–Kier alpha value is -5.45. The van der Waals surface area contributed by atoms with E-state index in [1.807, 2.05) is 36.7 Å². The van der Waals surface area contributed by atoms with Crippen LogP contribution in [0.5, 0.6) is 5.75 Å². The maximum atomic E-state index is 14.3. The summed E-state index contributed by atoms with van der Waals surface area (Å²) in [5, 5.41) is 12.1. The fourth-order valence-electron chi connectivity index (χ4n) is 7.71. The molecule has 0 spiro atoms. The maximum absolute atomic E-state index is 14.3. The van der Waals surface area contributed by atoms with Crippen molar-refractivity contribution in [3.63, 3.8) is 0 Å². The van der Waals surface area contributed by atoms with E-state index in [0.717, 1.165) is 59.4 Å². The second kappa shape index (κ2) is 17.6. The second-order valence-corrected chi connectivity index (χ2v) is 14.4.